The van der Waals surface area contributed by atoms with Gasteiger partial charge >= 0.3 is 5.76 Å². The van der Waals surface area contributed by atoms with Crippen LogP contribution in [-0.2, 0) is 21.4 Å². The molecule has 6 rings (SSSR count). The summed E-state index contributed by atoms with van der Waals surface area (Å²) in [6.07, 6.45) is 2.71. The molecule has 3 heterocycles. The van der Waals surface area contributed by atoms with Crippen molar-refractivity contribution >= 4 is 38.2 Å². The van der Waals surface area contributed by atoms with E-state index in [-0.39, 0.29) is 16.0 Å². The predicted octanol–water partition coefficient (Wildman–Crippen LogP) is 4.81. The molecule has 0 spiro atoms. The second-order valence-corrected chi connectivity index (χ2v) is 11.3. The summed E-state index contributed by atoms with van der Waals surface area (Å²) in [6.45, 7) is 1.75. The van der Waals surface area contributed by atoms with E-state index in [1.807, 2.05) is 36.4 Å². The second-order valence-electron chi connectivity index (χ2n) is 8.96. The van der Waals surface area contributed by atoms with Gasteiger partial charge in [0.15, 0.2) is 0 Å². The molecule has 1 aromatic heterocycles. The Morgan fingerprint density at radius 1 is 1.00 bits per heavy atom. The van der Waals surface area contributed by atoms with Crippen molar-refractivity contribution in [3.8, 4) is 0 Å². The van der Waals surface area contributed by atoms with Crippen LogP contribution in [0.25, 0.3) is 10.9 Å². The number of rotatable bonds is 3. The number of hydrogen-bond acceptors (Lipinski definition) is 7. The van der Waals surface area contributed by atoms with Crippen LogP contribution in [0.1, 0.15) is 18.4 Å². The monoisotopic (exact) mass is 557 g/mol. The number of fused-ring (bicyclic) bond motifs is 2. The SMILES string of the molecule is O=S(=O)(c1cc(Cl)ccc1F)N1CCC(N2COCc3ccccc32)CC1.O=c1nc2ccccc2co1. The minimum atomic E-state index is -3.91. The van der Waals surface area contributed by atoms with Crippen LogP contribution in [0.3, 0.4) is 0 Å². The zero-order valence-electron chi connectivity index (χ0n) is 20.3. The molecule has 0 saturated carbocycles. The van der Waals surface area contributed by atoms with E-state index in [1.54, 1.807) is 6.07 Å². The number of nitrogens with zero attached hydrogens (tertiary/aromatic N) is 3. The molecule has 198 valence electrons. The van der Waals surface area contributed by atoms with Crippen LogP contribution in [0.5, 0.6) is 0 Å². The van der Waals surface area contributed by atoms with E-state index in [9.17, 15) is 17.6 Å². The Morgan fingerprint density at radius 2 is 1.74 bits per heavy atom. The van der Waals surface area contributed by atoms with Crippen LogP contribution in [0.4, 0.5) is 10.1 Å². The molecular formula is C27H25ClFN3O5S. The minimum absolute atomic E-state index is 0.183. The van der Waals surface area contributed by atoms with Crippen LogP contribution >= 0.6 is 11.6 Å². The lowest BCUT2D eigenvalue weighted by molar-refractivity contribution is 0.0988. The lowest BCUT2D eigenvalue weighted by Crippen LogP contribution is -2.48. The van der Waals surface area contributed by atoms with Crippen molar-refractivity contribution in [3.05, 3.63) is 99.9 Å². The highest BCUT2D eigenvalue weighted by molar-refractivity contribution is 7.89. The Kier molecular flexibility index (Phi) is 7.75. The fourth-order valence-corrected chi connectivity index (χ4v) is 6.47. The molecule has 2 aliphatic rings. The normalized spacial score (nSPS) is 16.5. The number of aromatic nitrogens is 1. The Morgan fingerprint density at radius 3 is 2.55 bits per heavy atom. The quantitative estimate of drug-likeness (QED) is 0.357. The summed E-state index contributed by atoms with van der Waals surface area (Å²) in [5, 5.41) is 1.04. The maximum absolute atomic E-state index is 14.1. The number of piperidine rings is 1. The number of ether oxygens (including phenoxy) is 1. The minimum Gasteiger partial charge on any atom is -0.416 e. The molecular weight excluding hydrogens is 533 g/mol. The van der Waals surface area contributed by atoms with Crippen LogP contribution in [0, 0.1) is 5.82 Å². The van der Waals surface area contributed by atoms with Crippen molar-refractivity contribution in [3.63, 3.8) is 0 Å². The van der Waals surface area contributed by atoms with Gasteiger partial charge in [0.25, 0.3) is 0 Å². The molecule has 2 aliphatic heterocycles. The van der Waals surface area contributed by atoms with E-state index in [0.29, 0.717) is 44.8 Å². The molecule has 3 aromatic carbocycles. The summed E-state index contributed by atoms with van der Waals surface area (Å²) in [7, 11) is -3.91. The van der Waals surface area contributed by atoms with E-state index in [0.717, 1.165) is 22.7 Å². The fraction of sp³-hybridized carbons (Fsp3) is 0.259. The van der Waals surface area contributed by atoms with Crippen LogP contribution in [-0.4, -0.2) is 43.6 Å². The molecule has 0 atom stereocenters. The first-order chi connectivity index (χ1) is 18.3. The Hall–Kier alpha value is -3.31. The van der Waals surface area contributed by atoms with Gasteiger partial charge in [0, 0.05) is 40.8 Å². The second kappa shape index (κ2) is 11.2. The van der Waals surface area contributed by atoms with Crippen LogP contribution < -0.4 is 10.7 Å². The lowest BCUT2D eigenvalue weighted by atomic mass is 10.0. The third-order valence-corrected chi connectivity index (χ3v) is 8.75. The number of benzene rings is 3. The summed E-state index contributed by atoms with van der Waals surface area (Å²) in [5.41, 5.74) is 2.95. The van der Waals surface area contributed by atoms with Crippen molar-refractivity contribution in [2.75, 3.05) is 24.7 Å². The van der Waals surface area contributed by atoms with Crippen molar-refractivity contribution in [1.29, 1.82) is 0 Å². The number of hydrogen-bond donors (Lipinski definition) is 0. The van der Waals surface area contributed by atoms with Crippen LogP contribution in [0.2, 0.25) is 5.02 Å². The molecule has 0 N–H and O–H groups in total. The molecule has 0 unspecified atom stereocenters. The molecule has 0 radical (unpaired) electrons. The molecule has 0 aliphatic carbocycles. The van der Waals surface area contributed by atoms with E-state index >= 15 is 0 Å². The van der Waals surface area contributed by atoms with Crippen LogP contribution in [0.15, 0.2) is 87.1 Å². The first-order valence-electron chi connectivity index (χ1n) is 12.0. The van der Waals surface area contributed by atoms with Gasteiger partial charge in [-0.15, -0.1) is 0 Å². The van der Waals surface area contributed by atoms with E-state index in [2.05, 4.69) is 20.4 Å². The average molecular weight is 558 g/mol. The summed E-state index contributed by atoms with van der Waals surface area (Å²) >= 11 is 5.86. The molecule has 38 heavy (non-hydrogen) atoms. The van der Waals surface area contributed by atoms with Crippen molar-refractivity contribution in [2.45, 2.75) is 30.4 Å². The summed E-state index contributed by atoms with van der Waals surface area (Å²) in [5.74, 6) is -1.33. The number of para-hydroxylation sites is 2. The predicted molar refractivity (Wildman–Crippen MR) is 142 cm³/mol. The largest absolute Gasteiger partial charge is 0.439 e. The maximum Gasteiger partial charge on any atom is 0.439 e. The zero-order chi connectivity index (χ0) is 26.7. The average Bonchev–Trinajstić information content (AvgIpc) is 2.94. The molecule has 4 aromatic rings. The smallest absolute Gasteiger partial charge is 0.416 e. The molecule has 0 amide bonds. The van der Waals surface area contributed by atoms with E-state index in [4.69, 9.17) is 16.3 Å². The van der Waals surface area contributed by atoms with Gasteiger partial charge < -0.3 is 14.1 Å². The first-order valence-corrected chi connectivity index (χ1v) is 13.9. The third kappa shape index (κ3) is 5.58. The maximum atomic E-state index is 14.1. The van der Waals surface area contributed by atoms with Gasteiger partial charge in [0.2, 0.25) is 10.0 Å². The molecule has 8 nitrogen and oxygen atoms in total. The Bertz CT molecular complexity index is 1610. The Labute approximate surface area is 224 Å². The molecule has 1 saturated heterocycles. The molecule has 0 bridgehead atoms. The van der Waals surface area contributed by atoms with Gasteiger partial charge in [-0.05, 0) is 49.2 Å². The third-order valence-electron chi connectivity index (χ3n) is 6.60. The lowest BCUT2D eigenvalue weighted by Gasteiger charge is -2.41. The zero-order valence-corrected chi connectivity index (χ0v) is 21.9. The van der Waals surface area contributed by atoms with Gasteiger partial charge in [0.1, 0.15) is 23.7 Å². The highest BCUT2D eigenvalue weighted by Gasteiger charge is 2.34. The first kappa shape index (κ1) is 26.3. The fourth-order valence-electron chi connectivity index (χ4n) is 4.67. The summed E-state index contributed by atoms with van der Waals surface area (Å²) < 4.78 is 51.3. The summed E-state index contributed by atoms with van der Waals surface area (Å²) in [6, 6.07) is 19.2. The molecule has 11 heteroatoms. The molecule has 1 fully saturated rings. The number of anilines is 1. The van der Waals surface area contributed by atoms with Gasteiger partial charge in [-0.2, -0.15) is 9.29 Å². The van der Waals surface area contributed by atoms with Crippen molar-refractivity contribution < 1.29 is 22.0 Å². The topological polar surface area (TPSA) is 93.0 Å². The number of halogens is 2. The number of sulfonamides is 1. The van der Waals surface area contributed by atoms with Crippen molar-refractivity contribution in [1.82, 2.24) is 9.29 Å². The van der Waals surface area contributed by atoms with Gasteiger partial charge in [-0.25, -0.2) is 17.6 Å². The van der Waals surface area contributed by atoms with Gasteiger partial charge in [0.05, 0.1) is 12.1 Å². The van der Waals surface area contributed by atoms with Crippen molar-refractivity contribution in [2.24, 2.45) is 0 Å². The van der Waals surface area contributed by atoms with E-state index < -0.39 is 21.6 Å². The van der Waals surface area contributed by atoms with Gasteiger partial charge in [-0.1, -0.05) is 41.9 Å². The van der Waals surface area contributed by atoms with Gasteiger partial charge in [-0.3, -0.25) is 0 Å². The Balaban J connectivity index is 0.000000222. The summed E-state index contributed by atoms with van der Waals surface area (Å²) in [4.78, 5) is 16.1. The van der Waals surface area contributed by atoms with E-state index in [1.165, 1.54) is 22.7 Å². The highest BCUT2D eigenvalue weighted by Crippen LogP contribution is 2.32. The standard InChI is InChI=1S/C19H20ClFN2O3S.C8H5NO2/c20-15-5-6-17(21)19(11-15)27(24,25)22-9-7-16(8-10-22)23-13-26-12-14-3-1-2-4-18(14)23;10-8-9-7-4-2-1-3-6(7)5-11-8/h1-6,11,16H,7-10,12-13H2;1-5H. The highest BCUT2D eigenvalue weighted by atomic mass is 35.5.